The van der Waals surface area contributed by atoms with E-state index in [1.165, 1.54) is 6.42 Å². The lowest BCUT2D eigenvalue weighted by Crippen LogP contribution is -2.64. The van der Waals surface area contributed by atoms with Crippen LogP contribution in [0.1, 0.15) is 149 Å². The van der Waals surface area contributed by atoms with Crippen molar-refractivity contribution >= 4 is 59.2 Å². The molecule has 1 aromatic carbocycles. The third kappa shape index (κ3) is 21.0. The molecule has 3 aliphatic heterocycles. The van der Waals surface area contributed by atoms with Crippen molar-refractivity contribution in [3.8, 4) is 5.75 Å². The highest BCUT2D eigenvalue weighted by Crippen LogP contribution is 2.27. The zero-order chi connectivity index (χ0) is 61.8. The van der Waals surface area contributed by atoms with E-state index in [4.69, 9.17) is 15.6 Å². The smallest absolute Gasteiger partial charge is 0.311 e. The van der Waals surface area contributed by atoms with Gasteiger partial charge in [0.25, 0.3) is 0 Å². The molecule has 0 aliphatic carbocycles. The second-order valence-corrected chi connectivity index (χ2v) is 22.3. The summed E-state index contributed by atoms with van der Waals surface area (Å²) >= 11 is 0. The van der Waals surface area contributed by atoms with E-state index in [0.717, 1.165) is 74.6 Å². The number of aliphatic hydroxyl groups excluding tert-OH is 8. The largest absolute Gasteiger partial charge is 0.481 e. The summed E-state index contributed by atoms with van der Waals surface area (Å²) < 4.78 is 5.20. The molecule has 3 aliphatic rings. The highest BCUT2D eigenvalue weighted by atomic mass is 16.5. The number of hydrogen-bond donors (Lipinski definition) is 15. The monoisotopic (exact) mass is 1180 g/mol. The van der Waals surface area contributed by atoms with E-state index >= 15 is 0 Å². The number of rotatable bonds is 25. The number of fused-ring (bicyclic) bond motifs is 2. The Kier molecular flexibility index (Phi) is 27.6. The predicted molar refractivity (Wildman–Crippen MR) is 291 cm³/mol. The summed E-state index contributed by atoms with van der Waals surface area (Å²) in [6, 6.07) is -7.65. The van der Waals surface area contributed by atoms with Crippen LogP contribution in [0.3, 0.4) is 0 Å². The van der Waals surface area contributed by atoms with Crippen LogP contribution in [-0.4, -0.2) is 207 Å². The third-order valence-electron chi connectivity index (χ3n) is 15.3. The van der Waals surface area contributed by atoms with Crippen LogP contribution in [0, 0.1) is 11.8 Å². The summed E-state index contributed by atoms with van der Waals surface area (Å²) in [6.45, 7) is 6.65. The first-order chi connectivity index (χ1) is 39.1. The van der Waals surface area contributed by atoms with Gasteiger partial charge in [0.05, 0.1) is 30.8 Å². The molecule has 0 spiro atoms. The Labute approximate surface area is 481 Å². The third-order valence-corrected chi connectivity index (χ3v) is 15.3. The fourth-order valence-electron chi connectivity index (χ4n) is 10.4. The van der Waals surface area contributed by atoms with Crippen LogP contribution in [0.2, 0.25) is 0 Å². The van der Waals surface area contributed by atoms with Crippen LogP contribution in [0.5, 0.6) is 5.75 Å². The van der Waals surface area contributed by atoms with E-state index in [9.17, 15) is 88.8 Å². The second-order valence-electron chi connectivity index (χ2n) is 22.3. The van der Waals surface area contributed by atoms with E-state index in [-0.39, 0.29) is 43.4 Å². The van der Waals surface area contributed by atoms with E-state index in [0.29, 0.717) is 29.6 Å². The molecule has 2 unspecified atom stereocenters. The van der Waals surface area contributed by atoms with Crippen LogP contribution in [0.25, 0.3) is 0 Å². The van der Waals surface area contributed by atoms with Crippen LogP contribution in [0.15, 0.2) is 24.3 Å². The van der Waals surface area contributed by atoms with Gasteiger partial charge in [0.2, 0.25) is 47.3 Å². The lowest BCUT2D eigenvalue weighted by Gasteiger charge is -2.34. The Morgan fingerprint density at radius 1 is 0.699 bits per heavy atom. The molecule has 3 saturated heterocycles. The van der Waals surface area contributed by atoms with Gasteiger partial charge in [-0.05, 0) is 62.1 Å². The number of unbranched alkanes of at least 4 members (excludes halogenated alkanes) is 5. The first-order valence-corrected chi connectivity index (χ1v) is 28.5. The SMILES string of the molecule is CCC(C)CC(C)CCCCCCCCC(=O)N[C@H]1C[C@@H](O)[C@@H](O)NC(=O)[C@@H]2[C@@H](O)CCN2C(=O)[C@H]([C@@H](O)CC(N)=O)NC(=O)[C@H]([C@H](O)[C@@H](O)c2ccc(OC(=O)CCCC(=O)O)cc2)NC(=O)[C@@H]2C[C@@H](O)CN2C(=O)[C@H]([C@H](C)O)NC1=O. The minimum Gasteiger partial charge on any atom is -0.481 e. The zero-order valence-electron chi connectivity index (χ0n) is 47.5. The molecule has 4 rings (SSSR count). The predicted octanol–water partition coefficient (Wildman–Crippen LogP) is -2.89. The Morgan fingerprint density at radius 3 is 1.94 bits per heavy atom. The molecule has 1 aromatic rings. The van der Waals surface area contributed by atoms with E-state index in [1.807, 2.05) is 5.32 Å². The molecule has 0 aromatic heterocycles. The van der Waals surface area contributed by atoms with Gasteiger partial charge in [-0.1, -0.05) is 77.8 Å². The standard InChI is InChI=1S/C55H86N8O20/c1-5-28(2)23-29(3)13-10-8-6-7-9-11-14-40(70)57-34-25-38(68)51(78)61-53(80)46-36(66)21-22-62(46)55(82)44(37(67)26-39(56)69)59-52(79)45(48(75)47(74)31-17-19-33(20-18-31)83-42(73)16-12-15-41(71)72)60-50(77)35-24-32(65)27-63(35)54(81)43(30(4)64)58-49(34)76/h17-20,28-30,32,34-38,43-48,51,64-68,74-75,78H,5-16,21-27H2,1-4H3,(H2,56,69)(H,57,70)(H,58,76)(H,59,79)(H,60,77)(H,61,80)(H,71,72)/t28?,29?,30-,32+,34-,35-,36-,37-,38+,43-,44-,45-,46-,47-,48-,51+/m0/s1. The second kappa shape index (κ2) is 33.2. The van der Waals surface area contributed by atoms with Gasteiger partial charge in [0.15, 0.2) is 6.23 Å². The summed E-state index contributed by atoms with van der Waals surface area (Å²) in [6.07, 6.45) is -11.5. The van der Waals surface area contributed by atoms with Crippen molar-refractivity contribution in [2.45, 2.75) is 222 Å². The lowest BCUT2D eigenvalue weighted by atomic mass is 9.91. The van der Waals surface area contributed by atoms with Gasteiger partial charge in [-0.2, -0.15) is 0 Å². The molecule has 16 atom stereocenters. The molecule has 3 heterocycles. The number of aliphatic carboxylic acids is 1. The molecule has 3 fully saturated rings. The number of aliphatic hydroxyl groups is 8. The molecule has 0 radical (unpaired) electrons. The maximum absolute atomic E-state index is 14.6. The maximum Gasteiger partial charge on any atom is 0.311 e. The van der Waals surface area contributed by atoms with Crippen molar-refractivity contribution in [2.75, 3.05) is 13.1 Å². The van der Waals surface area contributed by atoms with Crippen molar-refractivity contribution < 1.29 is 98.6 Å². The quantitative estimate of drug-likeness (QED) is 0.0265. The van der Waals surface area contributed by atoms with Gasteiger partial charge in [-0.15, -0.1) is 0 Å². The Balaban J connectivity index is 1.70. The average Bonchev–Trinajstić information content (AvgIpc) is 4.05. The molecule has 0 saturated carbocycles. The zero-order valence-corrected chi connectivity index (χ0v) is 47.5. The number of ether oxygens (including phenoxy) is 1. The summed E-state index contributed by atoms with van der Waals surface area (Å²) in [5.41, 5.74) is 5.16. The lowest BCUT2D eigenvalue weighted by molar-refractivity contribution is -0.149. The van der Waals surface area contributed by atoms with Crippen molar-refractivity contribution in [1.82, 2.24) is 36.4 Å². The minimum absolute atomic E-state index is 0.0346. The number of carboxylic acid groups (broad SMARTS) is 1. The minimum atomic E-state index is -2.45. The average molecular weight is 1180 g/mol. The molecule has 0 bridgehead atoms. The van der Waals surface area contributed by atoms with Crippen LogP contribution >= 0.6 is 0 Å². The number of hydrogen-bond acceptors (Lipinski definition) is 19. The van der Waals surface area contributed by atoms with E-state index < -0.39 is 177 Å². The van der Waals surface area contributed by atoms with Crippen molar-refractivity contribution in [1.29, 1.82) is 0 Å². The molecular weight excluding hydrogens is 1090 g/mol. The number of carbonyl (C=O) groups excluding carboxylic acids is 9. The number of amides is 8. The molecule has 466 valence electrons. The Bertz CT molecular complexity index is 2380. The van der Waals surface area contributed by atoms with Gasteiger partial charge in [0.1, 0.15) is 60.3 Å². The number of carbonyl (C=O) groups is 10. The highest BCUT2D eigenvalue weighted by Gasteiger charge is 2.49. The van der Waals surface area contributed by atoms with Gasteiger partial charge in [-0.25, -0.2) is 0 Å². The van der Waals surface area contributed by atoms with Crippen molar-refractivity contribution in [3.63, 3.8) is 0 Å². The summed E-state index contributed by atoms with van der Waals surface area (Å²) in [5, 5.41) is 110. The number of nitrogens with two attached hydrogens (primary N) is 1. The molecule has 83 heavy (non-hydrogen) atoms. The number of primary amides is 1. The number of esters is 1. The number of nitrogens with one attached hydrogen (secondary N) is 5. The topological polar surface area (TPSA) is 455 Å². The summed E-state index contributed by atoms with van der Waals surface area (Å²) in [5.74, 6) is -10.7. The molecule has 28 nitrogen and oxygen atoms in total. The van der Waals surface area contributed by atoms with E-state index in [2.05, 4.69) is 42.0 Å². The van der Waals surface area contributed by atoms with Gasteiger partial charge in [0, 0.05) is 45.2 Å². The summed E-state index contributed by atoms with van der Waals surface area (Å²) in [4.78, 5) is 136. The van der Waals surface area contributed by atoms with Gasteiger partial charge < -0.3 is 92.8 Å². The maximum atomic E-state index is 14.6. The number of benzene rings is 1. The van der Waals surface area contributed by atoms with Crippen molar-refractivity contribution in [3.05, 3.63) is 29.8 Å². The number of nitrogens with zero attached hydrogens (tertiary/aromatic N) is 2. The Hall–Kier alpha value is -6.40. The van der Waals surface area contributed by atoms with Gasteiger partial charge >= 0.3 is 11.9 Å². The normalized spacial score (nSPS) is 27.2. The fraction of sp³-hybridized carbons (Fsp3) is 0.709. The first-order valence-electron chi connectivity index (χ1n) is 28.5. The van der Waals surface area contributed by atoms with Crippen LogP contribution in [0.4, 0.5) is 0 Å². The molecule has 8 amide bonds. The first kappa shape index (κ1) is 69.1. The Morgan fingerprint density at radius 2 is 1.31 bits per heavy atom. The molecular formula is C55H86N8O20. The molecule has 28 heteroatoms. The van der Waals surface area contributed by atoms with E-state index in [1.54, 1.807) is 0 Å². The van der Waals surface area contributed by atoms with Gasteiger partial charge in [-0.3, -0.25) is 47.9 Å². The fourth-order valence-corrected chi connectivity index (χ4v) is 10.4. The summed E-state index contributed by atoms with van der Waals surface area (Å²) in [7, 11) is 0. The van der Waals surface area contributed by atoms with Crippen LogP contribution in [-0.2, 0) is 47.9 Å². The highest BCUT2D eigenvalue weighted by molar-refractivity contribution is 5.98. The van der Waals surface area contributed by atoms with Crippen LogP contribution < -0.4 is 37.1 Å². The number of carboxylic acids is 1. The van der Waals surface area contributed by atoms with Crippen molar-refractivity contribution in [2.24, 2.45) is 17.6 Å². The molecule has 16 N–H and O–H groups in total.